The van der Waals surface area contributed by atoms with E-state index in [0.29, 0.717) is 5.75 Å². The van der Waals surface area contributed by atoms with Crippen LogP contribution in [0.1, 0.15) is 25.0 Å². The van der Waals surface area contributed by atoms with Crippen LogP contribution in [-0.4, -0.2) is 47.9 Å². The SMILES string of the molecule is CC(C)N(CC(O)COc1ccccc1)C(=O)NCCc1ccccc1C(F)(F)F. The Morgan fingerprint density at radius 3 is 2.37 bits per heavy atom. The Labute approximate surface area is 174 Å². The minimum Gasteiger partial charge on any atom is -0.491 e. The van der Waals surface area contributed by atoms with E-state index in [2.05, 4.69) is 5.32 Å². The van der Waals surface area contributed by atoms with Crippen LogP contribution in [0.15, 0.2) is 54.6 Å². The number of carbonyl (C=O) groups excluding carboxylic acids is 1. The number of halogens is 3. The number of nitrogens with zero attached hydrogens (tertiary/aromatic N) is 1. The number of urea groups is 1. The summed E-state index contributed by atoms with van der Waals surface area (Å²) >= 11 is 0. The van der Waals surface area contributed by atoms with Gasteiger partial charge in [0.1, 0.15) is 18.5 Å². The highest BCUT2D eigenvalue weighted by atomic mass is 19.4. The quantitative estimate of drug-likeness (QED) is 0.637. The summed E-state index contributed by atoms with van der Waals surface area (Å²) in [7, 11) is 0. The van der Waals surface area contributed by atoms with Crippen LogP contribution in [0.3, 0.4) is 0 Å². The molecule has 0 bridgehead atoms. The fraction of sp³-hybridized carbons (Fsp3) is 0.409. The van der Waals surface area contributed by atoms with Crippen molar-refractivity contribution in [3.05, 3.63) is 65.7 Å². The molecule has 0 saturated carbocycles. The van der Waals surface area contributed by atoms with Gasteiger partial charge in [0.05, 0.1) is 12.1 Å². The lowest BCUT2D eigenvalue weighted by molar-refractivity contribution is -0.138. The number of carbonyl (C=O) groups is 1. The van der Waals surface area contributed by atoms with Gasteiger partial charge in [0.15, 0.2) is 0 Å². The van der Waals surface area contributed by atoms with E-state index in [9.17, 15) is 23.1 Å². The third-order valence-corrected chi connectivity index (χ3v) is 4.47. The van der Waals surface area contributed by atoms with E-state index in [1.807, 2.05) is 18.2 Å². The Morgan fingerprint density at radius 2 is 1.73 bits per heavy atom. The molecule has 2 amide bonds. The van der Waals surface area contributed by atoms with Crippen molar-refractivity contribution in [2.24, 2.45) is 0 Å². The first-order valence-electron chi connectivity index (χ1n) is 9.74. The molecule has 8 heteroatoms. The van der Waals surface area contributed by atoms with Crippen LogP contribution in [0.4, 0.5) is 18.0 Å². The van der Waals surface area contributed by atoms with Crippen molar-refractivity contribution in [2.75, 3.05) is 19.7 Å². The second-order valence-electron chi connectivity index (χ2n) is 7.16. The first-order valence-corrected chi connectivity index (χ1v) is 9.74. The van der Waals surface area contributed by atoms with E-state index < -0.39 is 23.9 Å². The van der Waals surface area contributed by atoms with Gasteiger partial charge >= 0.3 is 12.2 Å². The van der Waals surface area contributed by atoms with Gasteiger partial charge < -0.3 is 20.1 Å². The van der Waals surface area contributed by atoms with Gasteiger partial charge in [-0.15, -0.1) is 0 Å². The molecule has 0 aliphatic rings. The number of nitrogens with one attached hydrogen (secondary N) is 1. The molecular weight excluding hydrogens is 397 g/mol. The Morgan fingerprint density at radius 1 is 1.10 bits per heavy atom. The number of aliphatic hydroxyl groups excluding tert-OH is 1. The Balaban J connectivity index is 1.87. The highest BCUT2D eigenvalue weighted by molar-refractivity contribution is 5.74. The van der Waals surface area contributed by atoms with E-state index in [1.54, 1.807) is 26.0 Å². The van der Waals surface area contributed by atoms with E-state index in [-0.39, 0.29) is 37.7 Å². The van der Waals surface area contributed by atoms with Crippen molar-refractivity contribution in [2.45, 2.75) is 38.6 Å². The fourth-order valence-corrected chi connectivity index (χ4v) is 2.94. The summed E-state index contributed by atoms with van der Waals surface area (Å²) in [6.45, 7) is 3.69. The average molecular weight is 424 g/mol. The van der Waals surface area contributed by atoms with Crippen molar-refractivity contribution >= 4 is 6.03 Å². The second-order valence-corrected chi connectivity index (χ2v) is 7.16. The molecule has 0 saturated heterocycles. The number of hydrogen-bond donors (Lipinski definition) is 2. The highest BCUT2D eigenvalue weighted by Gasteiger charge is 2.32. The molecule has 2 aromatic rings. The topological polar surface area (TPSA) is 61.8 Å². The van der Waals surface area contributed by atoms with Crippen LogP contribution in [-0.2, 0) is 12.6 Å². The van der Waals surface area contributed by atoms with Crippen molar-refractivity contribution < 1.29 is 27.8 Å². The summed E-state index contributed by atoms with van der Waals surface area (Å²) < 4.78 is 44.7. The number of para-hydroxylation sites is 1. The van der Waals surface area contributed by atoms with Gasteiger partial charge in [-0.25, -0.2) is 4.79 Å². The van der Waals surface area contributed by atoms with E-state index in [0.717, 1.165) is 6.07 Å². The molecule has 30 heavy (non-hydrogen) atoms. The van der Waals surface area contributed by atoms with Crippen LogP contribution >= 0.6 is 0 Å². The number of aliphatic hydroxyl groups is 1. The van der Waals surface area contributed by atoms with Crippen LogP contribution < -0.4 is 10.1 Å². The molecule has 0 fully saturated rings. The number of ether oxygens (including phenoxy) is 1. The lowest BCUT2D eigenvalue weighted by atomic mass is 10.0. The fourth-order valence-electron chi connectivity index (χ4n) is 2.94. The monoisotopic (exact) mass is 424 g/mol. The summed E-state index contributed by atoms with van der Waals surface area (Å²) in [5.74, 6) is 0.612. The number of amides is 2. The van der Waals surface area contributed by atoms with Gasteiger partial charge in [-0.2, -0.15) is 13.2 Å². The summed E-state index contributed by atoms with van der Waals surface area (Å²) in [6.07, 6.45) is -5.30. The van der Waals surface area contributed by atoms with Gasteiger partial charge in [-0.3, -0.25) is 0 Å². The average Bonchev–Trinajstić information content (AvgIpc) is 2.70. The summed E-state index contributed by atoms with van der Waals surface area (Å²) in [6, 6.07) is 13.6. The van der Waals surface area contributed by atoms with Gasteiger partial charge in [0, 0.05) is 12.6 Å². The summed E-state index contributed by atoms with van der Waals surface area (Å²) in [5.41, 5.74) is -0.578. The zero-order valence-corrected chi connectivity index (χ0v) is 17.0. The van der Waals surface area contributed by atoms with Gasteiger partial charge in [0.25, 0.3) is 0 Å². The maximum absolute atomic E-state index is 13.1. The zero-order chi connectivity index (χ0) is 22.1. The van der Waals surface area contributed by atoms with E-state index in [4.69, 9.17) is 4.74 Å². The van der Waals surface area contributed by atoms with Crippen molar-refractivity contribution in [1.29, 1.82) is 0 Å². The first-order chi connectivity index (χ1) is 14.2. The van der Waals surface area contributed by atoms with Crippen LogP contribution in [0.5, 0.6) is 5.75 Å². The number of rotatable bonds is 9. The minimum absolute atomic E-state index is 0.0134. The number of hydrogen-bond acceptors (Lipinski definition) is 3. The molecule has 0 heterocycles. The molecule has 2 aromatic carbocycles. The normalized spacial score (nSPS) is 12.5. The minimum atomic E-state index is -4.44. The van der Waals surface area contributed by atoms with Crippen LogP contribution in [0, 0.1) is 0 Å². The smallest absolute Gasteiger partial charge is 0.416 e. The van der Waals surface area contributed by atoms with Crippen LogP contribution in [0.25, 0.3) is 0 Å². The van der Waals surface area contributed by atoms with Crippen molar-refractivity contribution in [1.82, 2.24) is 10.2 Å². The summed E-state index contributed by atoms with van der Waals surface area (Å²) in [4.78, 5) is 13.9. The third-order valence-electron chi connectivity index (χ3n) is 4.47. The lowest BCUT2D eigenvalue weighted by Gasteiger charge is -2.29. The maximum Gasteiger partial charge on any atom is 0.416 e. The maximum atomic E-state index is 13.1. The molecule has 1 unspecified atom stereocenters. The predicted octanol–water partition coefficient (Wildman–Crippen LogP) is 4.11. The van der Waals surface area contributed by atoms with E-state index >= 15 is 0 Å². The highest BCUT2D eigenvalue weighted by Crippen LogP contribution is 2.31. The lowest BCUT2D eigenvalue weighted by Crippen LogP contribution is -2.48. The largest absolute Gasteiger partial charge is 0.491 e. The standard InChI is InChI=1S/C22H27F3N2O3/c1-16(2)27(14-18(28)15-30-19-9-4-3-5-10-19)21(29)26-13-12-17-8-6-7-11-20(17)22(23,24)25/h3-11,16,18,28H,12-15H2,1-2H3,(H,26,29). The molecule has 2 rings (SSSR count). The van der Waals surface area contributed by atoms with Crippen molar-refractivity contribution in [3.8, 4) is 5.75 Å². The molecule has 2 N–H and O–H groups in total. The Bertz CT molecular complexity index is 798. The van der Waals surface area contributed by atoms with E-state index in [1.165, 1.54) is 23.1 Å². The summed E-state index contributed by atoms with van der Waals surface area (Å²) in [5, 5.41) is 12.9. The predicted molar refractivity (Wildman–Crippen MR) is 108 cm³/mol. The molecule has 0 aliphatic heterocycles. The second kappa shape index (κ2) is 10.9. The van der Waals surface area contributed by atoms with Crippen molar-refractivity contribution in [3.63, 3.8) is 0 Å². The molecule has 0 spiro atoms. The molecule has 5 nitrogen and oxygen atoms in total. The van der Waals surface area contributed by atoms with Gasteiger partial charge in [-0.05, 0) is 44.0 Å². The molecule has 0 radical (unpaired) electrons. The molecule has 0 aliphatic carbocycles. The molecule has 0 aromatic heterocycles. The first kappa shape index (κ1) is 23.5. The third kappa shape index (κ3) is 7.26. The van der Waals surface area contributed by atoms with Gasteiger partial charge in [0.2, 0.25) is 0 Å². The van der Waals surface area contributed by atoms with Gasteiger partial charge in [-0.1, -0.05) is 36.4 Å². The molecular formula is C22H27F3N2O3. The molecule has 164 valence electrons. The Hall–Kier alpha value is -2.74. The molecule has 1 atom stereocenters. The number of alkyl halides is 3. The number of benzene rings is 2. The van der Waals surface area contributed by atoms with Crippen LogP contribution in [0.2, 0.25) is 0 Å². The zero-order valence-electron chi connectivity index (χ0n) is 17.0. The Kier molecular flexibility index (Phi) is 8.53.